The fourth-order valence-electron chi connectivity index (χ4n) is 1.42. The number of H-pyrrole nitrogens is 1. The van der Waals surface area contributed by atoms with Crippen LogP contribution >= 0.6 is 0 Å². The Balaban J connectivity index is 2.08. The van der Waals surface area contributed by atoms with Gasteiger partial charge in [-0.3, -0.25) is 9.89 Å². The van der Waals surface area contributed by atoms with Crippen LogP contribution in [0, 0.1) is 6.92 Å². The van der Waals surface area contributed by atoms with E-state index in [0.29, 0.717) is 17.9 Å². The minimum absolute atomic E-state index is 0.111. The molecule has 0 aliphatic carbocycles. The van der Waals surface area contributed by atoms with Gasteiger partial charge in [0.2, 0.25) is 0 Å². The Morgan fingerprint density at radius 1 is 1.56 bits per heavy atom. The second-order valence-corrected chi connectivity index (χ2v) is 3.56. The summed E-state index contributed by atoms with van der Waals surface area (Å²) in [6.07, 6.45) is 4.87. The van der Waals surface area contributed by atoms with Crippen molar-refractivity contribution in [2.24, 2.45) is 0 Å². The smallest absolute Gasteiger partial charge is 0.259 e. The molecule has 6 nitrogen and oxygen atoms in total. The maximum atomic E-state index is 11.9. The molecule has 0 aromatic carbocycles. The van der Waals surface area contributed by atoms with Gasteiger partial charge < -0.3 is 9.42 Å². The normalized spacial score (nSPS) is 10.4. The molecule has 16 heavy (non-hydrogen) atoms. The summed E-state index contributed by atoms with van der Waals surface area (Å²) >= 11 is 0. The first kappa shape index (κ1) is 10.4. The first-order chi connectivity index (χ1) is 7.68. The highest BCUT2D eigenvalue weighted by Gasteiger charge is 2.17. The zero-order chi connectivity index (χ0) is 11.5. The number of aromatic amines is 1. The summed E-state index contributed by atoms with van der Waals surface area (Å²) in [5.74, 6) is 0.420. The lowest BCUT2D eigenvalue weighted by molar-refractivity contribution is 0.0783. The fourth-order valence-corrected chi connectivity index (χ4v) is 1.42. The van der Waals surface area contributed by atoms with Crippen LogP contribution in [0.1, 0.15) is 21.7 Å². The van der Waals surface area contributed by atoms with E-state index in [4.69, 9.17) is 4.52 Å². The highest BCUT2D eigenvalue weighted by molar-refractivity contribution is 5.94. The minimum atomic E-state index is -0.111. The Labute approximate surface area is 92.2 Å². The summed E-state index contributed by atoms with van der Waals surface area (Å²) in [5, 5.41) is 10.1. The molecule has 6 heteroatoms. The molecule has 0 saturated heterocycles. The highest BCUT2D eigenvalue weighted by Crippen LogP contribution is 2.10. The summed E-state index contributed by atoms with van der Waals surface area (Å²) in [7, 11) is 1.72. The number of hydrogen-bond acceptors (Lipinski definition) is 4. The topological polar surface area (TPSA) is 75.0 Å². The van der Waals surface area contributed by atoms with Crippen LogP contribution in [-0.2, 0) is 6.54 Å². The Bertz CT molecular complexity index is 475. The predicted octanol–water partition coefficient (Wildman–Crippen LogP) is 0.978. The molecule has 1 N–H and O–H groups in total. The summed E-state index contributed by atoms with van der Waals surface area (Å²) in [5.41, 5.74) is 1.44. The average Bonchev–Trinajstić information content (AvgIpc) is 2.88. The van der Waals surface area contributed by atoms with E-state index in [1.165, 1.54) is 6.20 Å². The van der Waals surface area contributed by atoms with E-state index in [9.17, 15) is 4.79 Å². The Kier molecular flexibility index (Phi) is 2.72. The molecule has 84 valence electrons. The third-order valence-corrected chi connectivity index (χ3v) is 2.30. The van der Waals surface area contributed by atoms with Gasteiger partial charge in [-0.05, 0) is 6.92 Å². The number of carbonyl (C=O) groups excluding carboxylic acids is 1. The number of amides is 1. The number of aromatic nitrogens is 3. The molecular formula is C10H12N4O2. The van der Waals surface area contributed by atoms with Crippen molar-refractivity contribution >= 4 is 5.91 Å². The third-order valence-electron chi connectivity index (χ3n) is 2.30. The SMILES string of the molecule is Cc1oncc1C(=O)N(C)Cc1cn[nH]c1. The van der Waals surface area contributed by atoms with E-state index >= 15 is 0 Å². The van der Waals surface area contributed by atoms with Gasteiger partial charge in [-0.2, -0.15) is 5.10 Å². The Morgan fingerprint density at radius 2 is 2.38 bits per heavy atom. The second-order valence-electron chi connectivity index (χ2n) is 3.56. The number of hydrogen-bond donors (Lipinski definition) is 1. The molecule has 0 spiro atoms. The van der Waals surface area contributed by atoms with E-state index in [0.717, 1.165) is 5.56 Å². The zero-order valence-corrected chi connectivity index (χ0v) is 9.10. The number of aryl methyl sites for hydroxylation is 1. The summed E-state index contributed by atoms with van der Waals surface area (Å²) in [6, 6.07) is 0. The fraction of sp³-hybridized carbons (Fsp3) is 0.300. The standard InChI is InChI=1S/C10H12N4O2/c1-7-9(5-13-16-7)10(15)14(2)6-8-3-11-12-4-8/h3-5H,6H2,1-2H3,(H,11,12). The molecule has 2 aromatic rings. The van der Waals surface area contributed by atoms with Crippen molar-refractivity contribution in [3.8, 4) is 0 Å². The van der Waals surface area contributed by atoms with Gasteiger partial charge in [-0.15, -0.1) is 0 Å². The van der Waals surface area contributed by atoms with Gasteiger partial charge >= 0.3 is 0 Å². The van der Waals surface area contributed by atoms with Gasteiger partial charge in [0.05, 0.1) is 12.4 Å². The van der Waals surface area contributed by atoms with Crippen LogP contribution < -0.4 is 0 Å². The van der Waals surface area contributed by atoms with Crippen LogP contribution in [0.5, 0.6) is 0 Å². The van der Waals surface area contributed by atoms with Crippen LogP contribution in [0.4, 0.5) is 0 Å². The molecule has 0 atom stereocenters. The van der Waals surface area contributed by atoms with E-state index in [1.807, 2.05) is 0 Å². The van der Waals surface area contributed by atoms with Crippen LogP contribution in [0.15, 0.2) is 23.1 Å². The van der Waals surface area contributed by atoms with Gasteiger partial charge in [-0.1, -0.05) is 5.16 Å². The maximum absolute atomic E-state index is 11.9. The van der Waals surface area contributed by atoms with Gasteiger partial charge in [0.25, 0.3) is 5.91 Å². The lowest BCUT2D eigenvalue weighted by atomic mass is 10.2. The van der Waals surface area contributed by atoms with E-state index in [1.54, 1.807) is 31.3 Å². The maximum Gasteiger partial charge on any atom is 0.259 e. The van der Waals surface area contributed by atoms with E-state index < -0.39 is 0 Å². The summed E-state index contributed by atoms with van der Waals surface area (Å²) < 4.78 is 4.85. The van der Waals surface area contributed by atoms with Gasteiger partial charge in [0, 0.05) is 25.4 Å². The molecule has 0 bridgehead atoms. The molecule has 1 amide bonds. The van der Waals surface area contributed by atoms with Crippen molar-refractivity contribution in [3.05, 3.63) is 35.5 Å². The van der Waals surface area contributed by atoms with Crippen LogP contribution in [0.25, 0.3) is 0 Å². The van der Waals surface area contributed by atoms with Crippen LogP contribution in [-0.4, -0.2) is 33.2 Å². The Hall–Kier alpha value is -2.11. The summed E-state index contributed by atoms with van der Waals surface area (Å²) in [4.78, 5) is 13.5. The van der Waals surface area contributed by atoms with Crippen molar-refractivity contribution < 1.29 is 9.32 Å². The minimum Gasteiger partial charge on any atom is -0.361 e. The largest absolute Gasteiger partial charge is 0.361 e. The summed E-state index contributed by atoms with van der Waals surface area (Å²) in [6.45, 7) is 2.21. The quantitative estimate of drug-likeness (QED) is 0.836. The molecule has 0 fully saturated rings. The molecule has 2 aromatic heterocycles. The lowest BCUT2D eigenvalue weighted by Gasteiger charge is -2.14. The van der Waals surface area contributed by atoms with Crippen molar-refractivity contribution in [2.75, 3.05) is 7.05 Å². The zero-order valence-electron chi connectivity index (χ0n) is 9.10. The van der Waals surface area contributed by atoms with Gasteiger partial charge in [0.1, 0.15) is 11.3 Å². The van der Waals surface area contributed by atoms with Crippen molar-refractivity contribution in [2.45, 2.75) is 13.5 Å². The molecule has 0 radical (unpaired) electrons. The third kappa shape index (κ3) is 1.95. The number of rotatable bonds is 3. The molecular weight excluding hydrogens is 208 g/mol. The van der Waals surface area contributed by atoms with E-state index in [2.05, 4.69) is 15.4 Å². The molecule has 0 saturated carbocycles. The number of nitrogens with zero attached hydrogens (tertiary/aromatic N) is 3. The first-order valence-electron chi connectivity index (χ1n) is 4.83. The Morgan fingerprint density at radius 3 is 2.94 bits per heavy atom. The van der Waals surface area contributed by atoms with Crippen LogP contribution in [0.2, 0.25) is 0 Å². The second kappa shape index (κ2) is 4.18. The van der Waals surface area contributed by atoms with Crippen molar-refractivity contribution in [1.29, 1.82) is 0 Å². The van der Waals surface area contributed by atoms with Gasteiger partial charge in [-0.25, -0.2) is 0 Å². The molecule has 0 aliphatic rings. The van der Waals surface area contributed by atoms with Crippen molar-refractivity contribution in [3.63, 3.8) is 0 Å². The predicted molar refractivity (Wildman–Crippen MR) is 55.6 cm³/mol. The number of nitrogens with one attached hydrogen (secondary N) is 1. The van der Waals surface area contributed by atoms with E-state index in [-0.39, 0.29) is 5.91 Å². The molecule has 0 unspecified atom stereocenters. The lowest BCUT2D eigenvalue weighted by Crippen LogP contribution is -2.26. The monoisotopic (exact) mass is 220 g/mol. The molecule has 0 aliphatic heterocycles. The van der Waals surface area contributed by atoms with Crippen LogP contribution in [0.3, 0.4) is 0 Å². The molecule has 2 rings (SSSR count). The van der Waals surface area contributed by atoms with Gasteiger partial charge in [0.15, 0.2) is 0 Å². The first-order valence-corrected chi connectivity index (χ1v) is 4.83. The molecule has 2 heterocycles. The van der Waals surface area contributed by atoms with Crippen molar-refractivity contribution in [1.82, 2.24) is 20.3 Å². The highest BCUT2D eigenvalue weighted by atomic mass is 16.5. The number of carbonyl (C=O) groups is 1. The average molecular weight is 220 g/mol.